The maximum atomic E-state index is 11.0. The van der Waals surface area contributed by atoms with Gasteiger partial charge in [0, 0.05) is 12.5 Å². The first-order valence-corrected chi connectivity index (χ1v) is 6.02. The Hall–Kier alpha value is -1.75. The van der Waals surface area contributed by atoms with Crippen LogP contribution in [0.15, 0.2) is 12.1 Å². The predicted octanol–water partition coefficient (Wildman–Crippen LogP) is 3.31. The van der Waals surface area contributed by atoms with E-state index >= 15 is 0 Å². The smallest absolute Gasteiger partial charge is 0.304 e. The van der Waals surface area contributed by atoms with Crippen LogP contribution < -0.4 is 0 Å². The van der Waals surface area contributed by atoms with Crippen molar-refractivity contribution in [1.29, 1.82) is 0 Å². The molecule has 0 saturated heterocycles. The molecule has 0 saturated carbocycles. The highest BCUT2D eigenvalue weighted by atomic mass is 16.6. The number of ether oxygens (including phenoxy) is 1. The first kappa shape index (κ1) is 14.3. The van der Waals surface area contributed by atoms with Gasteiger partial charge >= 0.3 is 5.97 Å². The molecule has 0 aliphatic heterocycles. The zero-order chi connectivity index (χ0) is 13.9. The Labute approximate surface area is 109 Å². The van der Waals surface area contributed by atoms with Crippen LogP contribution >= 0.6 is 0 Å². The average molecular weight is 244 g/mol. The van der Waals surface area contributed by atoms with Crippen molar-refractivity contribution in [3.8, 4) is 11.8 Å². The van der Waals surface area contributed by atoms with Crippen LogP contribution in [-0.4, -0.2) is 11.6 Å². The number of esters is 1. The lowest BCUT2D eigenvalue weighted by Gasteiger charge is -2.17. The lowest BCUT2D eigenvalue weighted by atomic mass is 9.99. The first-order valence-electron chi connectivity index (χ1n) is 6.02. The molecule has 0 unspecified atom stereocenters. The number of benzene rings is 1. The van der Waals surface area contributed by atoms with Gasteiger partial charge in [0.15, 0.2) is 5.60 Å². The Morgan fingerprint density at radius 2 is 1.67 bits per heavy atom. The summed E-state index contributed by atoms with van der Waals surface area (Å²) in [5.41, 5.74) is 3.79. The molecule has 1 rings (SSSR count). The Bertz CT molecular complexity index is 505. The number of carbonyl (C=O) groups excluding carboxylic acids is 1. The summed E-state index contributed by atoms with van der Waals surface area (Å²) in [6, 6.07) is 4.21. The Kier molecular flexibility index (Phi) is 4.19. The van der Waals surface area contributed by atoms with E-state index in [-0.39, 0.29) is 5.97 Å². The van der Waals surface area contributed by atoms with E-state index in [9.17, 15) is 4.79 Å². The highest BCUT2D eigenvalue weighted by molar-refractivity contribution is 5.67. The molecule has 0 bridgehead atoms. The summed E-state index contributed by atoms with van der Waals surface area (Å²) >= 11 is 0. The van der Waals surface area contributed by atoms with E-state index in [2.05, 4.69) is 30.9 Å². The normalized spacial score (nSPS) is 10.6. The van der Waals surface area contributed by atoms with E-state index in [4.69, 9.17) is 4.74 Å². The molecular formula is C16H20O2. The van der Waals surface area contributed by atoms with Crippen LogP contribution in [0.25, 0.3) is 0 Å². The van der Waals surface area contributed by atoms with Crippen LogP contribution in [0.1, 0.15) is 43.0 Å². The maximum absolute atomic E-state index is 11.0. The van der Waals surface area contributed by atoms with Gasteiger partial charge in [-0.3, -0.25) is 4.79 Å². The largest absolute Gasteiger partial charge is 0.447 e. The van der Waals surface area contributed by atoms with Crippen LogP contribution in [0.4, 0.5) is 0 Å². The number of carbonyl (C=O) groups is 1. The summed E-state index contributed by atoms with van der Waals surface area (Å²) in [4.78, 5) is 11.0. The van der Waals surface area contributed by atoms with Gasteiger partial charge in [-0.05, 0) is 45.7 Å². The fourth-order valence-electron chi connectivity index (χ4n) is 1.98. The molecule has 1 aromatic carbocycles. The molecule has 0 aliphatic rings. The fraction of sp³-hybridized carbons (Fsp3) is 0.438. The highest BCUT2D eigenvalue weighted by Gasteiger charge is 2.17. The number of hydrogen-bond acceptors (Lipinski definition) is 2. The molecule has 0 fully saturated rings. The zero-order valence-electron chi connectivity index (χ0n) is 12.0. The van der Waals surface area contributed by atoms with Crippen LogP contribution in [-0.2, 0) is 9.53 Å². The number of rotatable bonds is 1. The second-order valence-corrected chi connectivity index (χ2v) is 5.13. The van der Waals surface area contributed by atoms with Gasteiger partial charge in [0.25, 0.3) is 0 Å². The summed E-state index contributed by atoms with van der Waals surface area (Å²) in [5.74, 6) is 5.83. The minimum atomic E-state index is -0.754. The van der Waals surface area contributed by atoms with Crippen molar-refractivity contribution in [3.05, 3.63) is 34.4 Å². The predicted molar refractivity (Wildman–Crippen MR) is 73.4 cm³/mol. The summed E-state index contributed by atoms with van der Waals surface area (Å²) in [7, 11) is 0. The summed E-state index contributed by atoms with van der Waals surface area (Å²) in [5, 5.41) is 0. The standard InChI is InChI=1S/C16H20O2/c1-11-9-12(2)15(13(3)10-11)7-8-16(5,6)18-14(4)17/h9-10H,1-6H3. The van der Waals surface area contributed by atoms with Crippen molar-refractivity contribution >= 4 is 5.97 Å². The van der Waals surface area contributed by atoms with Crippen LogP contribution in [0.3, 0.4) is 0 Å². The van der Waals surface area contributed by atoms with Crippen LogP contribution in [0, 0.1) is 32.6 Å². The molecule has 2 heteroatoms. The summed E-state index contributed by atoms with van der Waals surface area (Å²) < 4.78 is 5.15. The molecule has 0 spiro atoms. The molecule has 96 valence electrons. The molecule has 0 N–H and O–H groups in total. The zero-order valence-corrected chi connectivity index (χ0v) is 12.0. The molecule has 1 aromatic rings. The number of hydrogen-bond donors (Lipinski definition) is 0. The van der Waals surface area contributed by atoms with Crippen molar-refractivity contribution < 1.29 is 9.53 Å². The van der Waals surface area contributed by atoms with Gasteiger partial charge in [0.05, 0.1) is 0 Å². The topological polar surface area (TPSA) is 26.3 Å². The lowest BCUT2D eigenvalue weighted by Crippen LogP contribution is -2.24. The van der Waals surface area contributed by atoms with Crippen molar-refractivity contribution in [2.45, 2.75) is 47.1 Å². The van der Waals surface area contributed by atoms with Crippen molar-refractivity contribution in [2.75, 3.05) is 0 Å². The molecule has 0 aromatic heterocycles. The summed E-state index contributed by atoms with van der Waals surface area (Å²) in [6.07, 6.45) is 0. The third kappa shape index (κ3) is 3.92. The lowest BCUT2D eigenvalue weighted by molar-refractivity contribution is -0.148. The number of aryl methyl sites for hydroxylation is 3. The maximum Gasteiger partial charge on any atom is 0.304 e. The van der Waals surface area contributed by atoms with Gasteiger partial charge in [-0.15, -0.1) is 0 Å². The van der Waals surface area contributed by atoms with Gasteiger partial charge in [0.2, 0.25) is 0 Å². The van der Waals surface area contributed by atoms with E-state index in [1.54, 1.807) is 13.8 Å². The van der Waals surface area contributed by atoms with Crippen LogP contribution in [0.5, 0.6) is 0 Å². The second kappa shape index (κ2) is 5.27. The molecule has 0 radical (unpaired) electrons. The molecule has 0 aliphatic carbocycles. The molecule has 18 heavy (non-hydrogen) atoms. The van der Waals surface area contributed by atoms with Gasteiger partial charge < -0.3 is 4.74 Å². The highest BCUT2D eigenvalue weighted by Crippen LogP contribution is 2.16. The molecular weight excluding hydrogens is 224 g/mol. The second-order valence-electron chi connectivity index (χ2n) is 5.13. The fourth-order valence-corrected chi connectivity index (χ4v) is 1.98. The average Bonchev–Trinajstić information content (AvgIpc) is 2.12. The van der Waals surface area contributed by atoms with Gasteiger partial charge in [0.1, 0.15) is 0 Å². The van der Waals surface area contributed by atoms with Gasteiger partial charge in [-0.2, -0.15) is 0 Å². The Morgan fingerprint density at radius 1 is 1.17 bits per heavy atom. The van der Waals surface area contributed by atoms with E-state index in [0.29, 0.717) is 0 Å². The molecule has 2 nitrogen and oxygen atoms in total. The van der Waals surface area contributed by atoms with E-state index < -0.39 is 5.60 Å². The molecule has 0 atom stereocenters. The van der Waals surface area contributed by atoms with Gasteiger partial charge in [-0.1, -0.05) is 29.5 Å². The minimum Gasteiger partial charge on any atom is -0.447 e. The molecule has 0 heterocycles. The van der Waals surface area contributed by atoms with Crippen molar-refractivity contribution in [1.82, 2.24) is 0 Å². The minimum absolute atomic E-state index is 0.313. The van der Waals surface area contributed by atoms with E-state index in [1.807, 2.05) is 13.8 Å². The Morgan fingerprint density at radius 3 is 2.11 bits per heavy atom. The monoisotopic (exact) mass is 244 g/mol. The first-order chi connectivity index (χ1) is 8.21. The van der Waals surface area contributed by atoms with Crippen LogP contribution in [0.2, 0.25) is 0 Å². The van der Waals surface area contributed by atoms with Crippen molar-refractivity contribution in [3.63, 3.8) is 0 Å². The summed E-state index contributed by atoms with van der Waals surface area (Å²) in [6.45, 7) is 11.1. The van der Waals surface area contributed by atoms with E-state index in [1.165, 1.54) is 12.5 Å². The van der Waals surface area contributed by atoms with Gasteiger partial charge in [-0.25, -0.2) is 0 Å². The quantitative estimate of drug-likeness (QED) is 0.559. The van der Waals surface area contributed by atoms with Crippen molar-refractivity contribution in [2.24, 2.45) is 0 Å². The van der Waals surface area contributed by atoms with E-state index in [0.717, 1.165) is 16.7 Å². The third-order valence-electron chi connectivity index (χ3n) is 2.56. The molecule has 0 amide bonds. The third-order valence-corrected chi connectivity index (χ3v) is 2.56. The Balaban J connectivity index is 3.09. The SMILES string of the molecule is CC(=O)OC(C)(C)C#Cc1c(C)cc(C)cc1C.